The molecule has 5 nitrogen and oxygen atoms in total. The van der Waals surface area contributed by atoms with Gasteiger partial charge in [-0.2, -0.15) is 0 Å². The quantitative estimate of drug-likeness (QED) is 0.838. The van der Waals surface area contributed by atoms with Crippen LogP contribution < -0.4 is 10.6 Å². The lowest BCUT2D eigenvalue weighted by molar-refractivity contribution is -0.0708. The van der Waals surface area contributed by atoms with Crippen LogP contribution in [0.5, 0.6) is 0 Å². The Hall–Kier alpha value is -2.18. The van der Waals surface area contributed by atoms with Gasteiger partial charge in [-0.15, -0.1) is 0 Å². The normalized spacial score (nSPS) is 23.4. The predicted molar refractivity (Wildman–Crippen MR) is 81.6 cm³/mol. The van der Waals surface area contributed by atoms with Gasteiger partial charge in [0.2, 0.25) is 0 Å². The lowest BCUT2D eigenvalue weighted by Crippen LogP contribution is -2.29. The summed E-state index contributed by atoms with van der Waals surface area (Å²) in [6, 6.07) is 1.47. The van der Waals surface area contributed by atoms with E-state index in [1.807, 2.05) is 12.2 Å². The molecule has 6 heteroatoms. The third-order valence-corrected chi connectivity index (χ3v) is 3.52. The number of pyridine rings is 1. The number of rotatable bonds is 3. The van der Waals surface area contributed by atoms with Gasteiger partial charge in [0.25, 0.3) is 0 Å². The van der Waals surface area contributed by atoms with Crippen molar-refractivity contribution >= 4 is 5.82 Å². The smallest absolute Gasteiger partial charge is 0.141 e. The van der Waals surface area contributed by atoms with Crippen molar-refractivity contribution < 1.29 is 13.9 Å². The fourth-order valence-electron chi connectivity index (χ4n) is 2.36. The van der Waals surface area contributed by atoms with Crippen LogP contribution in [0.25, 0.3) is 0 Å². The summed E-state index contributed by atoms with van der Waals surface area (Å²) in [6.07, 6.45) is 6.69. The highest BCUT2D eigenvalue weighted by Crippen LogP contribution is 2.20. The Labute approximate surface area is 128 Å². The zero-order valence-corrected chi connectivity index (χ0v) is 12.1. The van der Waals surface area contributed by atoms with Crippen LogP contribution in [0.1, 0.15) is 5.56 Å². The van der Waals surface area contributed by atoms with Gasteiger partial charge in [0.15, 0.2) is 0 Å². The first-order valence-electron chi connectivity index (χ1n) is 7.15. The lowest BCUT2D eigenvalue weighted by Gasteiger charge is -2.24. The number of hydrogen-bond donors (Lipinski definition) is 2. The van der Waals surface area contributed by atoms with Gasteiger partial charge in [0.05, 0.1) is 26.0 Å². The van der Waals surface area contributed by atoms with E-state index in [0.717, 1.165) is 17.0 Å². The molecule has 0 spiro atoms. The van der Waals surface area contributed by atoms with Gasteiger partial charge < -0.3 is 20.1 Å². The van der Waals surface area contributed by atoms with Crippen molar-refractivity contribution in [3.63, 3.8) is 0 Å². The third-order valence-electron chi connectivity index (χ3n) is 3.52. The molecule has 0 aliphatic carbocycles. The van der Waals surface area contributed by atoms with E-state index in [9.17, 15) is 4.39 Å². The molecule has 1 fully saturated rings. The van der Waals surface area contributed by atoms with Crippen LogP contribution in [0, 0.1) is 5.82 Å². The Bertz CT molecular complexity index is 622. The van der Waals surface area contributed by atoms with Gasteiger partial charge in [-0.05, 0) is 17.7 Å². The van der Waals surface area contributed by atoms with Gasteiger partial charge in [0.1, 0.15) is 23.6 Å². The summed E-state index contributed by atoms with van der Waals surface area (Å²) < 4.78 is 24.2. The average Bonchev–Trinajstić information content (AvgIpc) is 2.56. The summed E-state index contributed by atoms with van der Waals surface area (Å²) in [5, 5.41) is 6.31. The summed E-state index contributed by atoms with van der Waals surface area (Å²) in [6.45, 7) is 6.10. The van der Waals surface area contributed by atoms with E-state index in [4.69, 9.17) is 9.47 Å². The van der Waals surface area contributed by atoms with Crippen molar-refractivity contribution in [3.05, 3.63) is 59.8 Å². The molecule has 1 unspecified atom stereocenters. The van der Waals surface area contributed by atoms with E-state index in [1.54, 1.807) is 6.08 Å². The van der Waals surface area contributed by atoms with Crippen LogP contribution in [0.3, 0.4) is 0 Å². The Kier molecular flexibility index (Phi) is 4.50. The number of nitrogens with one attached hydrogen (secondary N) is 2. The first-order valence-corrected chi connectivity index (χ1v) is 7.15. The van der Waals surface area contributed by atoms with Crippen LogP contribution in [-0.2, 0) is 16.0 Å². The molecule has 2 aliphatic rings. The van der Waals surface area contributed by atoms with Gasteiger partial charge >= 0.3 is 0 Å². The van der Waals surface area contributed by atoms with Crippen LogP contribution in [0.15, 0.2) is 48.5 Å². The van der Waals surface area contributed by atoms with E-state index in [0.29, 0.717) is 32.2 Å². The van der Waals surface area contributed by atoms with Crippen LogP contribution in [-0.4, -0.2) is 30.9 Å². The predicted octanol–water partition coefficient (Wildman–Crippen LogP) is 2.10. The molecule has 2 N–H and O–H groups in total. The van der Waals surface area contributed by atoms with Crippen molar-refractivity contribution in [1.82, 2.24) is 10.3 Å². The maximum absolute atomic E-state index is 13.1. The summed E-state index contributed by atoms with van der Waals surface area (Å²) in [5.41, 5.74) is 1.75. The highest BCUT2D eigenvalue weighted by atomic mass is 19.1. The Balaban J connectivity index is 1.73. The highest BCUT2D eigenvalue weighted by Gasteiger charge is 2.17. The van der Waals surface area contributed by atoms with Gasteiger partial charge in [-0.1, -0.05) is 18.7 Å². The van der Waals surface area contributed by atoms with Gasteiger partial charge in [0, 0.05) is 12.1 Å². The van der Waals surface area contributed by atoms with Gasteiger partial charge in [-0.3, -0.25) is 0 Å². The van der Waals surface area contributed by atoms with Crippen LogP contribution in [0.4, 0.5) is 10.2 Å². The van der Waals surface area contributed by atoms with E-state index in [-0.39, 0.29) is 11.9 Å². The summed E-state index contributed by atoms with van der Waals surface area (Å²) in [5.74, 6) is 1.12. The molecule has 1 aromatic heterocycles. The maximum atomic E-state index is 13.1. The molecule has 116 valence electrons. The second-order valence-electron chi connectivity index (χ2n) is 5.03. The number of aromatic nitrogens is 1. The molecule has 3 rings (SSSR count). The first-order chi connectivity index (χ1) is 10.8. The van der Waals surface area contributed by atoms with Crippen LogP contribution >= 0.6 is 0 Å². The minimum Gasteiger partial charge on any atom is -0.376 e. The number of halogens is 1. The third kappa shape index (κ3) is 3.35. The first kappa shape index (κ1) is 14.7. The topological polar surface area (TPSA) is 55.4 Å². The van der Waals surface area contributed by atoms with E-state index >= 15 is 0 Å². The van der Waals surface area contributed by atoms with Crippen LogP contribution in [0.2, 0.25) is 0 Å². The Morgan fingerprint density at radius 1 is 1.45 bits per heavy atom. The zero-order chi connectivity index (χ0) is 15.4. The second-order valence-corrected chi connectivity index (χ2v) is 5.03. The monoisotopic (exact) mass is 303 g/mol. The molecule has 3 heterocycles. The molecule has 0 amide bonds. The number of ether oxygens (including phenoxy) is 2. The lowest BCUT2D eigenvalue weighted by atomic mass is 10.1. The number of fused-ring (bicyclic) bond motifs is 1. The molecule has 1 atom stereocenters. The molecule has 2 aliphatic heterocycles. The van der Waals surface area contributed by atoms with Crippen molar-refractivity contribution in [3.8, 4) is 0 Å². The SMILES string of the molecule is C=C/C(=C\C=C1/NCc2cc(F)cnc2N1)C1COCCO1. The van der Waals surface area contributed by atoms with E-state index < -0.39 is 0 Å². The summed E-state index contributed by atoms with van der Waals surface area (Å²) >= 11 is 0. The number of hydrogen-bond acceptors (Lipinski definition) is 5. The van der Waals surface area contributed by atoms with Gasteiger partial charge in [-0.25, -0.2) is 9.37 Å². The summed E-state index contributed by atoms with van der Waals surface area (Å²) in [7, 11) is 0. The molecule has 0 bridgehead atoms. The fraction of sp³-hybridized carbons (Fsp3) is 0.312. The molecular formula is C16H18FN3O2. The Morgan fingerprint density at radius 3 is 3.14 bits per heavy atom. The molecule has 1 aromatic rings. The van der Waals surface area contributed by atoms with Crippen molar-refractivity contribution in [2.45, 2.75) is 12.6 Å². The second kappa shape index (κ2) is 6.72. The fourth-order valence-corrected chi connectivity index (χ4v) is 2.36. The van der Waals surface area contributed by atoms with Crippen molar-refractivity contribution in [2.24, 2.45) is 0 Å². The van der Waals surface area contributed by atoms with E-state index in [1.165, 1.54) is 12.3 Å². The molecule has 0 aromatic carbocycles. The zero-order valence-electron chi connectivity index (χ0n) is 12.1. The highest BCUT2D eigenvalue weighted by molar-refractivity contribution is 5.51. The number of anilines is 1. The number of nitrogens with zero attached hydrogens (tertiary/aromatic N) is 1. The molecule has 22 heavy (non-hydrogen) atoms. The number of allylic oxidation sites excluding steroid dienone is 2. The molecular weight excluding hydrogens is 285 g/mol. The minimum atomic E-state index is -0.335. The molecule has 1 saturated heterocycles. The van der Waals surface area contributed by atoms with Crippen molar-refractivity contribution in [1.29, 1.82) is 0 Å². The largest absolute Gasteiger partial charge is 0.376 e. The van der Waals surface area contributed by atoms with E-state index in [2.05, 4.69) is 22.2 Å². The average molecular weight is 303 g/mol. The minimum absolute atomic E-state index is 0.0915. The Morgan fingerprint density at radius 2 is 2.36 bits per heavy atom. The summed E-state index contributed by atoms with van der Waals surface area (Å²) in [4.78, 5) is 4.05. The molecule has 0 radical (unpaired) electrons. The molecule has 0 saturated carbocycles. The maximum Gasteiger partial charge on any atom is 0.141 e. The van der Waals surface area contributed by atoms with Crippen molar-refractivity contribution in [2.75, 3.05) is 25.1 Å². The standard InChI is InChI=1S/C16H18FN3O2/c1-2-11(14-10-21-5-6-22-14)3-4-15-18-8-12-7-13(17)9-19-16(12)20-15/h2-4,7,9,14,18H,1,5-6,8,10H2,(H,19,20)/b11-3+,15-4+.